The van der Waals surface area contributed by atoms with Crippen molar-refractivity contribution in [3.8, 4) is 11.5 Å². The Hall–Kier alpha value is -4.31. The number of nitrogens with one attached hydrogen (secondary N) is 1. The third kappa shape index (κ3) is 5.11. The van der Waals surface area contributed by atoms with Gasteiger partial charge in [-0.25, -0.2) is 4.79 Å². The number of thioether (sulfide) groups is 1. The first-order chi connectivity index (χ1) is 19.8. The second-order valence-electron chi connectivity index (χ2n) is 9.30. The summed E-state index contributed by atoms with van der Waals surface area (Å²) in [5.74, 6) is -4.77. The van der Waals surface area contributed by atoms with E-state index in [0.29, 0.717) is 26.7 Å². The highest BCUT2D eigenvalue weighted by Crippen LogP contribution is 2.54. The Morgan fingerprint density at radius 3 is 2.52 bits per heavy atom. The van der Waals surface area contributed by atoms with Crippen molar-refractivity contribution < 1.29 is 42.2 Å². The van der Waals surface area contributed by atoms with Crippen LogP contribution < -0.4 is 20.7 Å². The summed E-state index contributed by atoms with van der Waals surface area (Å²) in [6.45, 7) is 1.28. The Morgan fingerprint density at radius 2 is 1.86 bits per heavy atom. The molecule has 42 heavy (non-hydrogen) atoms. The third-order valence-electron chi connectivity index (χ3n) is 6.69. The van der Waals surface area contributed by atoms with Gasteiger partial charge >= 0.3 is 17.1 Å². The molecule has 1 fully saturated rings. The van der Waals surface area contributed by atoms with Crippen LogP contribution in [0, 0.1) is 5.92 Å². The third-order valence-corrected chi connectivity index (χ3v) is 9.29. The van der Waals surface area contributed by atoms with Crippen molar-refractivity contribution in [1.82, 2.24) is 9.47 Å². The number of halogens is 3. The molecule has 1 saturated heterocycles. The molecule has 0 radical (unpaired) electrons. The highest BCUT2D eigenvalue weighted by Gasteiger charge is 2.58. The summed E-state index contributed by atoms with van der Waals surface area (Å²) in [5.41, 5.74) is 4.60. The summed E-state index contributed by atoms with van der Waals surface area (Å²) in [5, 5.41) is 11.5. The van der Waals surface area contributed by atoms with E-state index in [1.807, 2.05) is 0 Å². The fraction of sp³-hybridized carbons (Fsp3) is 0.269. The topological polar surface area (TPSA) is 161 Å². The van der Waals surface area contributed by atoms with Crippen LogP contribution in [-0.2, 0) is 27.1 Å². The Kier molecular flexibility index (Phi) is 7.53. The fourth-order valence-electron chi connectivity index (χ4n) is 4.94. The molecule has 1 aromatic heterocycles. The summed E-state index contributed by atoms with van der Waals surface area (Å²) in [6.07, 6.45) is -4.63. The molecule has 220 valence electrons. The number of carbonyl (C=O) groups is 4. The van der Waals surface area contributed by atoms with Crippen LogP contribution in [-0.4, -0.2) is 50.2 Å². The maximum absolute atomic E-state index is 13.3. The Balaban J connectivity index is 1.55. The van der Waals surface area contributed by atoms with Crippen LogP contribution in [0.1, 0.15) is 28.8 Å². The van der Waals surface area contributed by atoms with Crippen molar-refractivity contribution in [2.24, 2.45) is 11.7 Å². The molecule has 0 bridgehead atoms. The zero-order valence-corrected chi connectivity index (χ0v) is 23.1. The van der Waals surface area contributed by atoms with E-state index in [0.717, 1.165) is 34.5 Å². The predicted molar refractivity (Wildman–Crippen MR) is 144 cm³/mol. The number of nitrogens with two attached hydrogens (primary N) is 1. The Bertz CT molecular complexity index is 1690. The largest absolute Gasteiger partial charge is 0.504 e. The number of fused-ring (bicyclic) bond motifs is 2. The van der Waals surface area contributed by atoms with E-state index in [9.17, 15) is 42.3 Å². The van der Waals surface area contributed by atoms with Gasteiger partial charge < -0.3 is 20.9 Å². The van der Waals surface area contributed by atoms with E-state index in [4.69, 9.17) is 10.5 Å². The predicted octanol–water partition coefficient (Wildman–Crippen LogP) is 3.34. The van der Waals surface area contributed by atoms with Crippen LogP contribution in [0.15, 0.2) is 52.3 Å². The zero-order valence-electron chi connectivity index (χ0n) is 21.5. The van der Waals surface area contributed by atoms with Gasteiger partial charge in [-0.15, -0.1) is 0 Å². The van der Waals surface area contributed by atoms with E-state index >= 15 is 0 Å². The SMILES string of the molecule is CCOc1cc([C@@H]2c3sc(=O)n(CC(=O)Nc4cccc(C(F)(F)F)c4)c3S[C@@H]3C(=O)N(C(N)=O)C(=O)[C@H]23)ccc1O. The van der Waals surface area contributed by atoms with Crippen LogP contribution in [0.3, 0.4) is 0 Å². The molecule has 0 aliphatic carbocycles. The van der Waals surface area contributed by atoms with Gasteiger partial charge in [0.25, 0.3) is 5.91 Å². The molecule has 0 unspecified atom stereocenters. The lowest BCUT2D eigenvalue weighted by Crippen LogP contribution is -2.41. The van der Waals surface area contributed by atoms with Crippen LogP contribution in [0.25, 0.3) is 0 Å². The number of phenols is 1. The first-order valence-corrected chi connectivity index (χ1v) is 14.0. The lowest BCUT2D eigenvalue weighted by molar-refractivity contribution is -0.138. The number of nitrogens with zero attached hydrogens (tertiary/aromatic N) is 2. The number of aromatic nitrogens is 1. The second-order valence-corrected chi connectivity index (χ2v) is 11.4. The maximum Gasteiger partial charge on any atom is 0.416 e. The minimum absolute atomic E-state index is 0.0853. The van der Waals surface area contributed by atoms with Gasteiger partial charge in [0.1, 0.15) is 11.8 Å². The van der Waals surface area contributed by atoms with E-state index in [-0.39, 0.29) is 28.8 Å². The number of anilines is 1. The number of primary amides is 1. The van der Waals surface area contributed by atoms with Crippen molar-refractivity contribution in [3.05, 3.63) is 68.1 Å². The number of carbonyl (C=O) groups excluding carboxylic acids is 4. The van der Waals surface area contributed by atoms with Gasteiger partial charge in [0.2, 0.25) is 11.8 Å². The molecule has 3 atom stereocenters. The lowest BCUT2D eigenvalue weighted by Gasteiger charge is -2.31. The molecule has 2 aliphatic rings. The second kappa shape index (κ2) is 10.8. The molecule has 2 aromatic carbocycles. The molecule has 0 saturated carbocycles. The van der Waals surface area contributed by atoms with E-state index in [1.54, 1.807) is 6.92 Å². The molecular formula is C26H21F3N4O7S2. The lowest BCUT2D eigenvalue weighted by atomic mass is 9.83. The van der Waals surface area contributed by atoms with Crippen molar-refractivity contribution in [2.45, 2.75) is 35.8 Å². The first kappa shape index (κ1) is 29.2. The van der Waals surface area contributed by atoms with Gasteiger partial charge in [0.15, 0.2) is 11.5 Å². The van der Waals surface area contributed by atoms with Crippen molar-refractivity contribution in [2.75, 3.05) is 11.9 Å². The molecule has 3 aromatic rings. The summed E-state index contributed by atoms with van der Waals surface area (Å²) in [7, 11) is 0. The van der Waals surface area contributed by atoms with Crippen molar-refractivity contribution in [1.29, 1.82) is 0 Å². The Morgan fingerprint density at radius 1 is 1.12 bits per heavy atom. The van der Waals surface area contributed by atoms with E-state index in [2.05, 4.69) is 5.32 Å². The standard InChI is InChI=1S/C26H21F3N4O7S2/c1-2-40-15-8-11(6-7-14(15)34)17-18-19(22(37)33(21(18)36)24(30)38)41-23-20(17)42-25(39)32(23)10-16(35)31-13-5-3-4-12(9-13)26(27,28)29/h3-9,17-19,34H,2,10H2,1H3,(H2,30,38)(H,31,35)/t17-,18+,19-/m0/s1. The number of likely N-dealkylation sites (tertiary alicyclic amines) is 1. The highest BCUT2D eigenvalue weighted by atomic mass is 32.2. The van der Waals surface area contributed by atoms with Crippen LogP contribution in [0.2, 0.25) is 0 Å². The quantitative estimate of drug-likeness (QED) is 0.353. The van der Waals surface area contributed by atoms with Gasteiger partial charge in [-0.1, -0.05) is 35.2 Å². The average molecular weight is 623 g/mol. The molecule has 3 heterocycles. The number of aromatic hydroxyl groups is 1. The number of alkyl halides is 3. The summed E-state index contributed by atoms with van der Waals surface area (Å²) in [6, 6.07) is 6.99. The Labute approximate surface area is 243 Å². The number of thiazole rings is 1. The number of amides is 5. The summed E-state index contributed by atoms with van der Waals surface area (Å²) in [4.78, 5) is 64.6. The van der Waals surface area contributed by atoms with Gasteiger partial charge in [-0.05, 0) is 42.8 Å². The maximum atomic E-state index is 13.3. The number of urea groups is 1. The number of rotatable bonds is 6. The monoisotopic (exact) mass is 622 g/mol. The number of hydrogen-bond acceptors (Lipinski definition) is 9. The van der Waals surface area contributed by atoms with Crippen LogP contribution >= 0.6 is 23.1 Å². The number of hydrogen-bond donors (Lipinski definition) is 3. The zero-order chi connectivity index (χ0) is 30.5. The number of ether oxygens (including phenoxy) is 1. The minimum Gasteiger partial charge on any atom is -0.504 e. The normalized spacial score (nSPS) is 19.8. The van der Waals surface area contributed by atoms with Crippen LogP contribution in [0.4, 0.5) is 23.7 Å². The van der Waals surface area contributed by atoms with Gasteiger partial charge in [0, 0.05) is 16.5 Å². The summed E-state index contributed by atoms with van der Waals surface area (Å²) >= 11 is 1.54. The van der Waals surface area contributed by atoms with Gasteiger partial charge in [-0.2, -0.15) is 18.1 Å². The van der Waals surface area contributed by atoms with Crippen molar-refractivity contribution >= 4 is 52.5 Å². The molecule has 0 spiro atoms. The molecule has 4 N–H and O–H groups in total. The minimum atomic E-state index is -4.63. The highest BCUT2D eigenvalue weighted by molar-refractivity contribution is 8.00. The smallest absolute Gasteiger partial charge is 0.416 e. The number of imide groups is 3. The molecule has 16 heteroatoms. The molecule has 2 aliphatic heterocycles. The van der Waals surface area contributed by atoms with Gasteiger partial charge in [0.05, 0.1) is 23.1 Å². The van der Waals surface area contributed by atoms with Crippen LogP contribution in [0.5, 0.6) is 11.5 Å². The fourth-order valence-corrected chi connectivity index (χ4v) is 7.72. The number of phenolic OH excluding ortho intramolecular Hbond substituents is 1. The molecule has 5 rings (SSSR count). The molecule has 5 amide bonds. The first-order valence-electron chi connectivity index (χ1n) is 12.3. The van der Waals surface area contributed by atoms with Crippen molar-refractivity contribution in [3.63, 3.8) is 0 Å². The molecule has 11 nitrogen and oxygen atoms in total. The summed E-state index contributed by atoms with van der Waals surface area (Å²) < 4.78 is 45.8. The van der Waals surface area contributed by atoms with E-state index in [1.165, 1.54) is 24.3 Å². The number of benzene rings is 2. The van der Waals surface area contributed by atoms with E-state index < -0.39 is 64.0 Å². The van der Waals surface area contributed by atoms with Gasteiger partial charge in [-0.3, -0.25) is 23.7 Å². The molecular weight excluding hydrogens is 601 g/mol. The average Bonchev–Trinajstić information content (AvgIpc) is 3.36.